The van der Waals surface area contributed by atoms with E-state index in [0.29, 0.717) is 12.4 Å². The van der Waals surface area contributed by atoms with Gasteiger partial charge in [-0.2, -0.15) is 5.10 Å². The van der Waals surface area contributed by atoms with Gasteiger partial charge in [-0.15, -0.1) is 0 Å². The van der Waals surface area contributed by atoms with E-state index in [1.807, 2.05) is 48.8 Å². The zero-order chi connectivity index (χ0) is 21.2. The van der Waals surface area contributed by atoms with Crippen LogP contribution in [0.3, 0.4) is 0 Å². The van der Waals surface area contributed by atoms with Gasteiger partial charge in [0.15, 0.2) is 5.82 Å². The summed E-state index contributed by atoms with van der Waals surface area (Å²) in [5.74, 6) is 1.51. The molecule has 0 saturated heterocycles. The molecule has 1 unspecified atom stereocenters. The molecular formula is C24H21BrN6. The third-order valence-electron chi connectivity index (χ3n) is 5.33. The van der Waals surface area contributed by atoms with E-state index in [9.17, 15) is 0 Å². The minimum atomic E-state index is 0.176. The molecule has 0 bridgehead atoms. The first-order valence-electron chi connectivity index (χ1n) is 10.1. The van der Waals surface area contributed by atoms with E-state index in [-0.39, 0.29) is 6.04 Å². The van der Waals surface area contributed by atoms with Gasteiger partial charge in [0.1, 0.15) is 12.2 Å². The lowest BCUT2D eigenvalue weighted by atomic mass is 10.1. The summed E-state index contributed by atoms with van der Waals surface area (Å²) >= 11 is 3.45. The average molecular weight is 473 g/mol. The maximum Gasteiger partial charge on any atom is 0.181 e. The Morgan fingerprint density at radius 3 is 2.58 bits per heavy atom. The van der Waals surface area contributed by atoms with Crippen LogP contribution in [-0.2, 0) is 6.54 Å². The lowest BCUT2D eigenvalue weighted by molar-refractivity contribution is 0.560. The van der Waals surface area contributed by atoms with Crippen molar-refractivity contribution in [2.45, 2.75) is 19.5 Å². The minimum Gasteiger partial charge on any atom is -0.303 e. The summed E-state index contributed by atoms with van der Waals surface area (Å²) in [4.78, 5) is 9.07. The fourth-order valence-electron chi connectivity index (χ4n) is 3.56. The van der Waals surface area contributed by atoms with Crippen molar-refractivity contribution in [3.63, 3.8) is 0 Å². The molecule has 7 heteroatoms. The number of halogens is 1. The Morgan fingerprint density at radius 1 is 1.00 bits per heavy atom. The van der Waals surface area contributed by atoms with Crippen molar-refractivity contribution in [1.29, 1.82) is 0 Å². The van der Waals surface area contributed by atoms with Crippen molar-refractivity contribution in [2.24, 2.45) is 0 Å². The normalized spacial score (nSPS) is 12.3. The van der Waals surface area contributed by atoms with Crippen LogP contribution < -0.4 is 5.32 Å². The first kappa shape index (κ1) is 19.7. The molecule has 0 radical (unpaired) electrons. The van der Waals surface area contributed by atoms with E-state index < -0.39 is 0 Å². The van der Waals surface area contributed by atoms with E-state index in [0.717, 1.165) is 32.6 Å². The highest BCUT2D eigenvalue weighted by atomic mass is 79.9. The molecule has 0 amide bonds. The predicted octanol–water partition coefficient (Wildman–Crippen LogP) is 5.42. The van der Waals surface area contributed by atoms with E-state index >= 15 is 0 Å². The highest BCUT2D eigenvalue weighted by Crippen LogP contribution is 2.21. The van der Waals surface area contributed by atoms with Crippen molar-refractivity contribution in [3.8, 4) is 17.1 Å². The quantitative estimate of drug-likeness (QED) is 0.345. The van der Waals surface area contributed by atoms with Crippen LogP contribution in [0.5, 0.6) is 0 Å². The number of aromatic nitrogens is 5. The number of benzene rings is 3. The van der Waals surface area contributed by atoms with Gasteiger partial charge in [0, 0.05) is 21.8 Å². The fraction of sp³-hybridized carbons (Fsp3) is 0.125. The number of aromatic amines is 1. The van der Waals surface area contributed by atoms with Gasteiger partial charge >= 0.3 is 0 Å². The molecule has 2 aromatic heterocycles. The Bertz CT molecular complexity index is 1300. The molecule has 31 heavy (non-hydrogen) atoms. The number of rotatable bonds is 6. The standard InChI is InChI=1S/C24H21BrN6/c1-16(26-14-23-28-24(30-29-23)18-6-10-19(25)11-7-18)17-8-12-20(13-9-17)31-15-27-21-4-2-3-5-22(21)31/h2-13,15-16,26H,14H2,1H3,(H,28,29,30). The molecule has 154 valence electrons. The lowest BCUT2D eigenvalue weighted by Gasteiger charge is -2.14. The summed E-state index contributed by atoms with van der Waals surface area (Å²) in [5, 5.41) is 10.9. The Morgan fingerprint density at radius 2 is 1.77 bits per heavy atom. The van der Waals surface area contributed by atoms with Gasteiger partial charge in [-0.05, 0) is 48.9 Å². The Labute approximate surface area is 188 Å². The highest BCUT2D eigenvalue weighted by Gasteiger charge is 2.10. The van der Waals surface area contributed by atoms with Gasteiger partial charge in [-0.25, -0.2) is 9.97 Å². The smallest absolute Gasteiger partial charge is 0.181 e. The highest BCUT2D eigenvalue weighted by molar-refractivity contribution is 9.10. The number of hydrogen-bond donors (Lipinski definition) is 2. The number of para-hydroxylation sites is 2. The van der Waals surface area contributed by atoms with Gasteiger partial charge in [0.05, 0.1) is 17.6 Å². The van der Waals surface area contributed by atoms with Crippen molar-refractivity contribution in [2.75, 3.05) is 0 Å². The van der Waals surface area contributed by atoms with Crippen LogP contribution in [0.4, 0.5) is 0 Å². The van der Waals surface area contributed by atoms with E-state index in [1.54, 1.807) is 0 Å². The summed E-state index contributed by atoms with van der Waals surface area (Å²) in [6.45, 7) is 2.76. The second kappa shape index (κ2) is 8.45. The third kappa shape index (κ3) is 4.15. The summed E-state index contributed by atoms with van der Waals surface area (Å²) in [6.07, 6.45) is 1.87. The van der Waals surface area contributed by atoms with Crippen molar-refractivity contribution < 1.29 is 0 Å². The Balaban J connectivity index is 1.25. The lowest BCUT2D eigenvalue weighted by Crippen LogP contribution is -2.18. The second-order valence-electron chi connectivity index (χ2n) is 7.41. The van der Waals surface area contributed by atoms with Crippen LogP contribution in [-0.4, -0.2) is 24.7 Å². The molecule has 1 atom stereocenters. The van der Waals surface area contributed by atoms with Gasteiger partial charge < -0.3 is 5.32 Å². The van der Waals surface area contributed by atoms with Crippen LogP contribution >= 0.6 is 15.9 Å². The summed E-state index contributed by atoms with van der Waals surface area (Å²) < 4.78 is 3.14. The average Bonchev–Trinajstić information content (AvgIpc) is 3.45. The molecule has 5 rings (SSSR count). The largest absolute Gasteiger partial charge is 0.303 e. The van der Waals surface area contributed by atoms with E-state index in [2.05, 4.69) is 83.2 Å². The zero-order valence-electron chi connectivity index (χ0n) is 17.0. The Kier molecular flexibility index (Phi) is 5.36. The van der Waals surface area contributed by atoms with Crippen LogP contribution in [0, 0.1) is 0 Å². The fourth-order valence-corrected chi connectivity index (χ4v) is 3.82. The van der Waals surface area contributed by atoms with Gasteiger partial charge in [0.2, 0.25) is 0 Å². The molecule has 0 spiro atoms. The minimum absolute atomic E-state index is 0.176. The number of H-pyrrole nitrogens is 1. The van der Waals surface area contributed by atoms with Crippen molar-refractivity contribution in [1.82, 2.24) is 30.0 Å². The molecule has 6 nitrogen and oxygen atoms in total. The molecule has 2 heterocycles. The Hall–Kier alpha value is -3.29. The van der Waals surface area contributed by atoms with E-state index in [4.69, 9.17) is 0 Å². The topological polar surface area (TPSA) is 71.4 Å². The van der Waals surface area contributed by atoms with Crippen molar-refractivity contribution >= 4 is 27.0 Å². The second-order valence-corrected chi connectivity index (χ2v) is 8.33. The van der Waals surface area contributed by atoms with Crippen LogP contribution in [0.15, 0.2) is 83.6 Å². The number of nitrogens with zero attached hydrogens (tertiary/aromatic N) is 4. The summed E-state index contributed by atoms with van der Waals surface area (Å²) in [7, 11) is 0. The maximum absolute atomic E-state index is 4.60. The van der Waals surface area contributed by atoms with Gasteiger partial charge in [-0.1, -0.05) is 52.3 Å². The van der Waals surface area contributed by atoms with Crippen LogP contribution in [0.2, 0.25) is 0 Å². The third-order valence-corrected chi connectivity index (χ3v) is 5.86. The molecular weight excluding hydrogens is 452 g/mol. The number of nitrogens with one attached hydrogen (secondary N) is 2. The molecule has 0 aliphatic heterocycles. The first-order valence-corrected chi connectivity index (χ1v) is 10.9. The monoisotopic (exact) mass is 472 g/mol. The molecule has 0 fully saturated rings. The predicted molar refractivity (Wildman–Crippen MR) is 126 cm³/mol. The van der Waals surface area contributed by atoms with Gasteiger partial charge in [-0.3, -0.25) is 9.67 Å². The molecule has 2 N–H and O–H groups in total. The summed E-state index contributed by atoms with van der Waals surface area (Å²) in [6, 6.07) is 24.8. The van der Waals surface area contributed by atoms with Crippen molar-refractivity contribution in [3.05, 3.63) is 95.0 Å². The maximum atomic E-state index is 4.60. The molecule has 0 aliphatic carbocycles. The first-order chi connectivity index (χ1) is 15.2. The summed E-state index contributed by atoms with van der Waals surface area (Å²) in [5.41, 5.74) is 5.39. The zero-order valence-corrected chi connectivity index (χ0v) is 18.5. The van der Waals surface area contributed by atoms with E-state index in [1.165, 1.54) is 5.56 Å². The number of fused-ring (bicyclic) bond motifs is 1. The molecule has 5 aromatic rings. The van der Waals surface area contributed by atoms with Crippen LogP contribution in [0.25, 0.3) is 28.1 Å². The van der Waals surface area contributed by atoms with Gasteiger partial charge in [0.25, 0.3) is 0 Å². The molecule has 0 aliphatic rings. The number of imidazole rings is 1. The molecule has 0 saturated carbocycles. The van der Waals surface area contributed by atoms with Crippen LogP contribution in [0.1, 0.15) is 24.4 Å². The SMILES string of the molecule is CC(NCc1nc(-c2ccc(Br)cc2)n[nH]1)c1ccc(-n2cnc3ccccc32)cc1. The number of hydrogen-bond acceptors (Lipinski definition) is 4. The molecule has 3 aromatic carbocycles.